The van der Waals surface area contributed by atoms with Crippen LogP contribution in [0.1, 0.15) is 110 Å². The Morgan fingerprint density at radius 3 is 1.30 bits per heavy atom. The molecule has 0 saturated carbocycles. The molecule has 3 heteroatoms. The minimum atomic E-state index is 0.322. The fraction of sp³-hybridized carbons (Fsp3) is 0.950. The molecule has 0 rings (SSSR count). The molecule has 0 fully saturated rings. The van der Waals surface area contributed by atoms with Gasteiger partial charge in [-0.05, 0) is 6.42 Å². The van der Waals surface area contributed by atoms with Crippen LogP contribution in [0.3, 0.4) is 0 Å². The minimum absolute atomic E-state index is 0.322. The molecule has 0 bridgehead atoms. The summed E-state index contributed by atoms with van der Waals surface area (Å²) < 4.78 is 0. The van der Waals surface area contributed by atoms with Gasteiger partial charge < -0.3 is 4.90 Å². The maximum atomic E-state index is 10.6. The summed E-state index contributed by atoms with van der Waals surface area (Å²) >= 11 is 5.63. The molecule has 0 aromatic heterocycles. The van der Waals surface area contributed by atoms with Crippen molar-refractivity contribution in [2.24, 2.45) is 0 Å². The van der Waals surface area contributed by atoms with E-state index in [4.69, 9.17) is 11.6 Å². The second kappa shape index (κ2) is 19.8. The van der Waals surface area contributed by atoms with Gasteiger partial charge in [0.15, 0.2) is 0 Å². The summed E-state index contributed by atoms with van der Waals surface area (Å²) in [6, 6.07) is 0.322. The summed E-state index contributed by atoms with van der Waals surface area (Å²) in [4.78, 5) is 12.2. The van der Waals surface area contributed by atoms with Gasteiger partial charge in [-0.3, -0.25) is 4.79 Å². The van der Waals surface area contributed by atoms with Crippen molar-refractivity contribution >= 4 is 18.0 Å². The van der Waals surface area contributed by atoms with Crippen LogP contribution in [0.2, 0.25) is 0 Å². The summed E-state index contributed by atoms with van der Waals surface area (Å²) in [5.41, 5.74) is 0. The van der Waals surface area contributed by atoms with Gasteiger partial charge in [0.25, 0.3) is 0 Å². The lowest BCUT2D eigenvalue weighted by atomic mass is 10.0. The van der Waals surface area contributed by atoms with Gasteiger partial charge in [0.05, 0.1) is 6.00 Å². The van der Waals surface area contributed by atoms with Crippen molar-refractivity contribution in [3.63, 3.8) is 0 Å². The minimum Gasteiger partial charge on any atom is -0.332 e. The lowest BCUT2D eigenvalue weighted by Crippen LogP contribution is -2.21. The van der Waals surface area contributed by atoms with Crippen LogP contribution in [0.25, 0.3) is 0 Å². The van der Waals surface area contributed by atoms with Crippen LogP contribution in [0, 0.1) is 0 Å². The summed E-state index contributed by atoms with van der Waals surface area (Å²) in [5.74, 6) is 0. The van der Waals surface area contributed by atoms with E-state index in [1.54, 1.807) is 4.90 Å². The van der Waals surface area contributed by atoms with E-state index < -0.39 is 0 Å². The van der Waals surface area contributed by atoms with Gasteiger partial charge >= 0.3 is 0 Å². The number of hydrogen-bond donors (Lipinski definition) is 0. The van der Waals surface area contributed by atoms with Gasteiger partial charge in [0.2, 0.25) is 6.41 Å². The summed E-state index contributed by atoms with van der Waals surface area (Å²) in [6.07, 6.45) is 22.9. The van der Waals surface area contributed by atoms with E-state index in [-0.39, 0.29) is 0 Å². The number of carbonyl (C=O) groups is 1. The molecule has 0 aromatic carbocycles. The van der Waals surface area contributed by atoms with E-state index in [1.165, 1.54) is 96.3 Å². The molecule has 0 aromatic rings. The number of rotatable bonds is 19. The van der Waals surface area contributed by atoms with Crippen LogP contribution in [-0.4, -0.2) is 23.9 Å². The number of unbranched alkanes of at least 4 members (excludes halogenated alkanes) is 15. The highest BCUT2D eigenvalue weighted by molar-refractivity contribution is 6.18. The average Bonchev–Trinajstić information content (AvgIpc) is 2.58. The normalized spacial score (nSPS) is 10.9. The molecule has 0 saturated heterocycles. The number of hydrogen-bond acceptors (Lipinski definition) is 1. The average molecular weight is 346 g/mol. The highest BCUT2D eigenvalue weighted by atomic mass is 35.5. The Morgan fingerprint density at radius 2 is 1.00 bits per heavy atom. The number of amides is 1. The number of carbonyl (C=O) groups excluding carboxylic acids is 1. The first-order valence-corrected chi connectivity index (χ1v) is 10.6. The molecule has 1 amide bonds. The van der Waals surface area contributed by atoms with E-state index >= 15 is 0 Å². The molecule has 0 heterocycles. The Labute approximate surface area is 150 Å². The molecule has 0 atom stereocenters. The van der Waals surface area contributed by atoms with Crippen LogP contribution < -0.4 is 0 Å². The Bertz CT molecular complexity index is 236. The second-order valence-electron chi connectivity index (χ2n) is 6.84. The molecule has 0 aliphatic carbocycles. The Hall–Kier alpha value is -0.240. The van der Waals surface area contributed by atoms with Crippen LogP contribution in [0.4, 0.5) is 0 Å². The van der Waals surface area contributed by atoms with Gasteiger partial charge in [-0.25, -0.2) is 0 Å². The zero-order valence-corrected chi connectivity index (χ0v) is 16.3. The molecule has 2 nitrogen and oxygen atoms in total. The van der Waals surface area contributed by atoms with Gasteiger partial charge in [0.1, 0.15) is 0 Å². The van der Waals surface area contributed by atoms with Crippen molar-refractivity contribution in [2.75, 3.05) is 12.5 Å². The van der Waals surface area contributed by atoms with Crippen LogP contribution >= 0.6 is 11.6 Å². The van der Waals surface area contributed by atoms with Gasteiger partial charge in [-0.1, -0.05) is 103 Å². The quantitative estimate of drug-likeness (QED) is 0.108. The van der Waals surface area contributed by atoms with E-state index in [1.807, 2.05) is 0 Å². The molecular weight excluding hydrogens is 306 g/mol. The Balaban J connectivity index is 3.04. The third-order valence-corrected chi connectivity index (χ3v) is 4.91. The molecule has 0 aliphatic heterocycles. The third kappa shape index (κ3) is 17.9. The number of halogens is 1. The predicted octanol–water partition coefficient (Wildman–Crippen LogP) is 6.90. The van der Waals surface area contributed by atoms with Crippen molar-refractivity contribution < 1.29 is 4.79 Å². The van der Waals surface area contributed by atoms with Gasteiger partial charge in [-0.2, -0.15) is 0 Å². The van der Waals surface area contributed by atoms with Gasteiger partial charge in [-0.15, -0.1) is 11.6 Å². The van der Waals surface area contributed by atoms with Gasteiger partial charge in [0, 0.05) is 6.54 Å². The molecule has 0 spiro atoms. The van der Waals surface area contributed by atoms with Crippen LogP contribution in [0.15, 0.2) is 0 Å². The van der Waals surface area contributed by atoms with Crippen molar-refractivity contribution in [1.82, 2.24) is 4.90 Å². The SMILES string of the molecule is CCCCCCCCCCCCCCCCCCN(C=O)CCl. The van der Waals surface area contributed by atoms with Crippen LogP contribution in [0.5, 0.6) is 0 Å². The fourth-order valence-corrected chi connectivity index (χ4v) is 3.18. The summed E-state index contributed by atoms with van der Waals surface area (Å²) in [7, 11) is 0. The molecule has 138 valence electrons. The Kier molecular flexibility index (Phi) is 19.6. The fourth-order valence-electron chi connectivity index (χ4n) is 3.00. The van der Waals surface area contributed by atoms with Crippen molar-refractivity contribution in [3.8, 4) is 0 Å². The molecular formula is C20H40ClNO. The zero-order valence-electron chi connectivity index (χ0n) is 15.5. The summed E-state index contributed by atoms with van der Waals surface area (Å²) in [5, 5.41) is 0. The molecule has 0 radical (unpaired) electrons. The van der Waals surface area contributed by atoms with Crippen molar-refractivity contribution in [1.29, 1.82) is 0 Å². The van der Waals surface area contributed by atoms with Crippen molar-refractivity contribution in [2.45, 2.75) is 110 Å². The molecule has 0 N–H and O–H groups in total. The summed E-state index contributed by atoms with van der Waals surface area (Å²) in [6.45, 7) is 3.09. The second-order valence-corrected chi connectivity index (χ2v) is 7.08. The van der Waals surface area contributed by atoms with Crippen LogP contribution in [-0.2, 0) is 4.79 Å². The number of nitrogens with zero attached hydrogens (tertiary/aromatic N) is 1. The first-order valence-electron chi connectivity index (χ1n) is 10.1. The highest BCUT2D eigenvalue weighted by Crippen LogP contribution is 2.13. The van der Waals surface area contributed by atoms with E-state index in [0.29, 0.717) is 6.00 Å². The standard InChI is InChI=1S/C20H40ClNO/c1-2-3-4-5-6-7-8-9-10-11-12-13-14-15-16-17-18-22(19-21)20-23/h20H,2-19H2,1H3. The first kappa shape index (κ1) is 22.8. The third-order valence-electron chi connectivity index (χ3n) is 4.60. The highest BCUT2D eigenvalue weighted by Gasteiger charge is 1.98. The van der Waals surface area contributed by atoms with E-state index in [9.17, 15) is 4.79 Å². The lowest BCUT2D eigenvalue weighted by Gasteiger charge is -2.12. The van der Waals surface area contributed by atoms with E-state index in [2.05, 4.69) is 6.92 Å². The lowest BCUT2D eigenvalue weighted by molar-refractivity contribution is -0.117. The molecule has 23 heavy (non-hydrogen) atoms. The van der Waals surface area contributed by atoms with Crippen molar-refractivity contribution in [3.05, 3.63) is 0 Å². The molecule has 0 unspecified atom stereocenters. The Morgan fingerprint density at radius 1 is 0.652 bits per heavy atom. The molecule has 0 aliphatic rings. The smallest absolute Gasteiger partial charge is 0.210 e. The maximum Gasteiger partial charge on any atom is 0.210 e. The topological polar surface area (TPSA) is 20.3 Å². The first-order chi connectivity index (χ1) is 11.3. The monoisotopic (exact) mass is 345 g/mol. The number of alkyl halides is 1. The maximum absolute atomic E-state index is 10.6. The van der Waals surface area contributed by atoms with E-state index in [0.717, 1.165) is 19.4 Å². The largest absolute Gasteiger partial charge is 0.332 e. The zero-order chi connectivity index (χ0) is 17.0. The predicted molar refractivity (Wildman–Crippen MR) is 103 cm³/mol.